The molecule has 0 aliphatic rings. The minimum Gasteiger partial charge on any atom is -0.478 e. The molecule has 1 amide bonds. The highest BCUT2D eigenvalue weighted by atomic mass is 32.2. The second-order valence-electron chi connectivity index (χ2n) is 5.07. The third kappa shape index (κ3) is 4.17. The Labute approximate surface area is 154 Å². The fraction of sp³-hybridized carbons (Fsp3) is 0.235. The van der Waals surface area contributed by atoms with Crippen molar-refractivity contribution in [3.05, 3.63) is 48.1 Å². The number of pyridine rings is 2. The molecule has 9 heteroatoms. The van der Waals surface area contributed by atoms with Gasteiger partial charge >= 0.3 is 0 Å². The third-order valence-corrected chi connectivity index (χ3v) is 4.08. The smallest absolute Gasteiger partial charge is 0.254 e. The predicted octanol–water partition coefficient (Wildman–Crippen LogP) is 2.58. The van der Waals surface area contributed by atoms with Crippen molar-refractivity contribution in [2.24, 2.45) is 0 Å². The number of carbonyl (C=O) groups excluding carboxylic acids is 1. The fourth-order valence-electron chi connectivity index (χ4n) is 2.17. The second kappa shape index (κ2) is 8.43. The van der Waals surface area contributed by atoms with Gasteiger partial charge in [-0.3, -0.25) is 4.79 Å². The van der Waals surface area contributed by atoms with Crippen LogP contribution >= 0.6 is 11.8 Å². The van der Waals surface area contributed by atoms with Gasteiger partial charge in [-0.05, 0) is 31.4 Å². The number of amides is 1. The van der Waals surface area contributed by atoms with Crippen molar-refractivity contribution in [1.82, 2.24) is 25.4 Å². The maximum Gasteiger partial charge on any atom is 0.254 e. The first kappa shape index (κ1) is 17.9. The van der Waals surface area contributed by atoms with Crippen LogP contribution in [0.3, 0.4) is 0 Å². The van der Waals surface area contributed by atoms with Crippen LogP contribution in [0.1, 0.15) is 23.2 Å². The van der Waals surface area contributed by atoms with Crippen LogP contribution in [0, 0.1) is 0 Å². The Morgan fingerprint density at radius 3 is 2.92 bits per heavy atom. The number of ether oxygens (including phenoxy) is 1. The number of rotatable bonds is 7. The lowest BCUT2D eigenvalue weighted by Crippen LogP contribution is -2.23. The molecule has 0 saturated carbocycles. The van der Waals surface area contributed by atoms with E-state index in [4.69, 9.17) is 9.26 Å². The summed E-state index contributed by atoms with van der Waals surface area (Å²) >= 11 is 1.41. The maximum absolute atomic E-state index is 12.3. The van der Waals surface area contributed by atoms with Crippen LogP contribution < -0.4 is 10.1 Å². The van der Waals surface area contributed by atoms with Gasteiger partial charge in [0.1, 0.15) is 5.03 Å². The molecule has 26 heavy (non-hydrogen) atoms. The van der Waals surface area contributed by atoms with E-state index in [9.17, 15) is 4.79 Å². The summed E-state index contributed by atoms with van der Waals surface area (Å²) in [6.45, 7) is 2.57. The van der Waals surface area contributed by atoms with Crippen molar-refractivity contribution in [1.29, 1.82) is 0 Å². The number of hydrogen-bond donors (Lipinski definition) is 1. The molecule has 0 radical (unpaired) electrons. The predicted molar refractivity (Wildman–Crippen MR) is 95.9 cm³/mol. The minimum absolute atomic E-state index is 0.124. The Balaban J connectivity index is 1.64. The monoisotopic (exact) mass is 371 g/mol. The summed E-state index contributed by atoms with van der Waals surface area (Å²) in [7, 11) is 0. The molecule has 8 nitrogen and oxygen atoms in total. The first-order chi connectivity index (χ1) is 12.7. The highest BCUT2D eigenvalue weighted by Crippen LogP contribution is 2.18. The summed E-state index contributed by atoms with van der Waals surface area (Å²) in [4.78, 5) is 24.9. The molecule has 1 N–H and O–H groups in total. The molecule has 3 rings (SSSR count). The van der Waals surface area contributed by atoms with Gasteiger partial charge in [-0.1, -0.05) is 5.16 Å². The van der Waals surface area contributed by atoms with E-state index in [-0.39, 0.29) is 12.5 Å². The number of aromatic nitrogens is 4. The summed E-state index contributed by atoms with van der Waals surface area (Å²) in [5.74, 6) is 0.992. The van der Waals surface area contributed by atoms with Crippen LogP contribution in [0.4, 0.5) is 0 Å². The van der Waals surface area contributed by atoms with Gasteiger partial charge in [0, 0.05) is 24.0 Å². The lowest BCUT2D eigenvalue weighted by molar-refractivity contribution is 0.0942. The number of hydrogen-bond acceptors (Lipinski definition) is 8. The summed E-state index contributed by atoms with van der Waals surface area (Å²) in [5, 5.41) is 7.33. The largest absolute Gasteiger partial charge is 0.478 e. The van der Waals surface area contributed by atoms with E-state index in [2.05, 4.69) is 25.4 Å². The zero-order chi connectivity index (χ0) is 18.4. The summed E-state index contributed by atoms with van der Waals surface area (Å²) in [5.41, 5.74) is 1.21. The van der Waals surface area contributed by atoms with Gasteiger partial charge in [-0.25, -0.2) is 9.97 Å². The highest BCUT2D eigenvalue weighted by molar-refractivity contribution is 7.98. The average Bonchev–Trinajstić information content (AvgIpc) is 3.16. The standard InChI is InChI=1S/C17H17N5O3S/c1-3-24-13-7-6-11(9-19-13)15-21-14(25-22-15)10-20-16(23)12-5-4-8-18-17(12)26-2/h4-9H,3,10H2,1-2H3,(H,20,23). The van der Waals surface area contributed by atoms with Gasteiger partial charge in [0.2, 0.25) is 17.6 Å². The second-order valence-corrected chi connectivity index (χ2v) is 5.87. The van der Waals surface area contributed by atoms with Gasteiger partial charge in [0.15, 0.2) is 0 Å². The van der Waals surface area contributed by atoms with Crippen molar-refractivity contribution < 1.29 is 14.1 Å². The molecule has 134 valence electrons. The quantitative estimate of drug-likeness (QED) is 0.632. The number of nitrogens with one attached hydrogen (secondary N) is 1. The van der Waals surface area contributed by atoms with E-state index in [1.165, 1.54) is 11.8 Å². The molecule has 0 aromatic carbocycles. The van der Waals surface area contributed by atoms with Crippen LogP contribution in [0.15, 0.2) is 46.2 Å². The van der Waals surface area contributed by atoms with Crippen LogP contribution in [-0.2, 0) is 6.54 Å². The van der Waals surface area contributed by atoms with E-state index >= 15 is 0 Å². The zero-order valence-electron chi connectivity index (χ0n) is 14.3. The van der Waals surface area contributed by atoms with E-state index in [1.807, 2.05) is 13.2 Å². The molecule has 0 aliphatic heterocycles. The minimum atomic E-state index is -0.245. The van der Waals surface area contributed by atoms with Crippen molar-refractivity contribution >= 4 is 17.7 Å². The van der Waals surface area contributed by atoms with Crippen LogP contribution in [0.5, 0.6) is 5.88 Å². The van der Waals surface area contributed by atoms with E-state index in [0.717, 1.165) is 0 Å². The zero-order valence-corrected chi connectivity index (χ0v) is 15.1. The number of carbonyl (C=O) groups is 1. The molecule has 0 saturated heterocycles. The molecule has 0 atom stereocenters. The average molecular weight is 371 g/mol. The van der Waals surface area contributed by atoms with E-state index in [0.29, 0.717) is 40.4 Å². The Kier molecular flexibility index (Phi) is 5.80. The molecule has 0 unspecified atom stereocenters. The Hall–Kier alpha value is -2.94. The maximum atomic E-state index is 12.3. The van der Waals surface area contributed by atoms with Gasteiger partial charge in [-0.15, -0.1) is 11.8 Å². The number of thioether (sulfide) groups is 1. The van der Waals surface area contributed by atoms with E-state index < -0.39 is 0 Å². The van der Waals surface area contributed by atoms with Crippen LogP contribution in [-0.4, -0.2) is 38.9 Å². The molecule has 3 heterocycles. The first-order valence-electron chi connectivity index (χ1n) is 7.90. The Morgan fingerprint density at radius 2 is 2.19 bits per heavy atom. The van der Waals surface area contributed by atoms with Crippen molar-refractivity contribution in [3.63, 3.8) is 0 Å². The summed E-state index contributed by atoms with van der Waals surface area (Å²) in [6.07, 6.45) is 5.13. The third-order valence-electron chi connectivity index (χ3n) is 3.36. The van der Waals surface area contributed by atoms with Crippen molar-refractivity contribution in [2.45, 2.75) is 18.5 Å². The van der Waals surface area contributed by atoms with Crippen LogP contribution in [0.2, 0.25) is 0 Å². The molecule has 0 bridgehead atoms. The summed E-state index contributed by atoms with van der Waals surface area (Å²) < 4.78 is 10.5. The van der Waals surface area contributed by atoms with Crippen molar-refractivity contribution in [3.8, 4) is 17.3 Å². The first-order valence-corrected chi connectivity index (χ1v) is 9.12. The topological polar surface area (TPSA) is 103 Å². The molecule has 3 aromatic rings. The normalized spacial score (nSPS) is 10.5. The van der Waals surface area contributed by atoms with Gasteiger partial charge in [0.05, 0.1) is 18.7 Å². The van der Waals surface area contributed by atoms with E-state index in [1.54, 1.807) is 36.7 Å². The number of nitrogens with zero attached hydrogens (tertiary/aromatic N) is 4. The Morgan fingerprint density at radius 1 is 1.31 bits per heavy atom. The molecule has 3 aromatic heterocycles. The lowest BCUT2D eigenvalue weighted by Gasteiger charge is -2.05. The van der Waals surface area contributed by atoms with Crippen molar-refractivity contribution in [2.75, 3.05) is 12.9 Å². The van der Waals surface area contributed by atoms with Gasteiger partial charge in [0.25, 0.3) is 5.91 Å². The molecule has 0 fully saturated rings. The summed E-state index contributed by atoms with van der Waals surface area (Å²) in [6, 6.07) is 6.98. The highest BCUT2D eigenvalue weighted by Gasteiger charge is 2.14. The molecule has 0 spiro atoms. The molecule has 0 aliphatic carbocycles. The molecular formula is C17H17N5O3S. The Bertz CT molecular complexity index is 882. The van der Waals surface area contributed by atoms with Gasteiger partial charge < -0.3 is 14.6 Å². The lowest BCUT2D eigenvalue weighted by atomic mass is 10.2. The molecular weight excluding hydrogens is 354 g/mol. The SMILES string of the molecule is CCOc1ccc(-c2noc(CNC(=O)c3cccnc3SC)n2)cn1. The van der Waals surface area contributed by atoms with Gasteiger partial charge in [-0.2, -0.15) is 4.98 Å². The van der Waals surface area contributed by atoms with Crippen LogP contribution in [0.25, 0.3) is 11.4 Å². The fourth-order valence-corrected chi connectivity index (χ4v) is 2.71.